The van der Waals surface area contributed by atoms with E-state index in [9.17, 15) is 0 Å². The molecule has 1 heteroatoms. The molecule has 3 rings (SSSR count). The van der Waals surface area contributed by atoms with Crippen LogP contribution in [0.2, 0.25) is 0 Å². The first-order valence-electron chi connectivity index (χ1n) is 6.12. The summed E-state index contributed by atoms with van der Waals surface area (Å²) in [6.45, 7) is 0. The van der Waals surface area contributed by atoms with E-state index < -0.39 is 0 Å². The lowest BCUT2D eigenvalue weighted by molar-refractivity contribution is 0.389. The van der Waals surface area contributed by atoms with Crippen molar-refractivity contribution >= 4 is 11.8 Å². The van der Waals surface area contributed by atoms with E-state index in [0.717, 1.165) is 17.1 Å². The Kier molecular flexibility index (Phi) is 2.74. The van der Waals surface area contributed by atoms with E-state index in [-0.39, 0.29) is 0 Å². The zero-order valence-corrected chi connectivity index (χ0v) is 9.88. The fourth-order valence-electron chi connectivity index (χ4n) is 3.02. The molecule has 0 amide bonds. The van der Waals surface area contributed by atoms with Crippen LogP contribution in [0.15, 0.2) is 35.3 Å². The highest BCUT2D eigenvalue weighted by Gasteiger charge is 2.39. The van der Waals surface area contributed by atoms with Crippen LogP contribution in [0.1, 0.15) is 32.1 Å². The van der Waals surface area contributed by atoms with Crippen LogP contribution >= 0.6 is 11.8 Å². The van der Waals surface area contributed by atoms with Crippen LogP contribution in [0.5, 0.6) is 0 Å². The van der Waals surface area contributed by atoms with Gasteiger partial charge in [0.25, 0.3) is 0 Å². The number of thioether (sulfide) groups is 1. The van der Waals surface area contributed by atoms with Crippen LogP contribution in [0.4, 0.5) is 0 Å². The van der Waals surface area contributed by atoms with Gasteiger partial charge in [0.15, 0.2) is 0 Å². The number of rotatable bonds is 0. The van der Waals surface area contributed by atoms with E-state index in [1.54, 1.807) is 4.91 Å². The third-order valence-electron chi connectivity index (χ3n) is 3.83. The van der Waals surface area contributed by atoms with Crippen molar-refractivity contribution in [2.24, 2.45) is 11.8 Å². The molecule has 1 heterocycles. The van der Waals surface area contributed by atoms with E-state index in [1.807, 2.05) is 0 Å². The van der Waals surface area contributed by atoms with Crippen LogP contribution < -0.4 is 0 Å². The summed E-state index contributed by atoms with van der Waals surface area (Å²) in [4.78, 5) is 1.71. The van der Waals surface area contributed by atoms with Gasteiger partial charge in [-0.2, -0.15) is 0 Å². The molecule has 3 aliphatic rings. The van der Waals surface area contributed by atoms with Crippen molar-refractivity contribution in [1.82, 2.24) is 0 Å². The third-order valence-corrected chi connectivity index (χ3v) is 5.41. The Labute approximate surface area is 96.5 Å². The Morgan fingerprint density at radius 3 is 2.80 bits per heavy atom. The number of hydrogen-bond acceptors (Lipinski definition) is 1. The molecule has 3 unspecified atom stereocenters. The zero-order chi connectivity index (χ0) is 10.1. The second-order valence-electron chi connectivity index (χ2n) is 4.76. The predicted octanol–water partition coefficient (Wildman–Crippen LogP) is 4.31. The van der Waals surface area contributed by atoms with Gasteiger partial charge in [-0.1, -0.05) is 30.4 Å². The molecule has 0 aromatic carbocycles. The average molecular weight is 218 g/mol. The molecule has 0 spiro atoms. The van der Waals surface area contributed by atoms with Crippen LogP contribution in [0, 0.1) is 11.8 Å². The summed E-state index contributed by atoms with van der Waals surface area (Å²) in [5.74, 6) is 1.77. The lowest BCUT2D eigenvalue weighted by Crippen LogP contribution is -2.20. The zero-order valence-electron chi connectivity index (χ0n) is 9.06. The summed E-state index contributed by atoms with van der Waals surface area (Å²) < 4.78 is 0. The monoisotopic (exact) mass is 218 g/mol. The molecular formula is C14H18S. The van der Waals surface area contributed by atoms with E-state index >= 15 is 0 Å². The Morgan fingerprint density at radius 1 is 0.933 bits per heavy atom. The van der Waals surface area contributed by atoms with Crippen molar-refractivity contribution in [3.63, 3.8) is 0 Å². The number of hydrogen-bond donors (Lipinski definition) is 0. The van der Waals surface area contributed by atoms with Crippen LogP contribution in [-0.2, 0) is 0 Å². The summed E-state index contributed by atoms with van der Waals surface area (Å²) in [5, 5.41) is 0.887. The maximum atomic E-state index is 2.51. The van der Waals surface area contributed by atoms with Crippen LogP contribution in [-0.4, -0.2) is 5.25 Å². The van der Waals surface area contributed by atoms with Crippen LogP contribution in [0.25, 0.3) is 0 Å². The first kappa shape index (κ1) is 9.77. The fraction of sp³-hybridized carbons (Fsp3) is 0.571. The molecular weight excluding hydrogens is 200 g/mol. The van der Waals surface area contributed by atoms with E-state index in [4.69, 9.17) is 0 Å². The molecule has 3 atom stereocenters. The minimum Gasteiger partial charge on any atom is -0.127 e. The highest BCUT2D eigenvalue weighted by atomic mass is 32.2. The van der Waals surface area contributed by atoms with Gasteiger partial charge in [0, 0.05) is 5.25 Å². The molecule has 80 valence electrons. The first-order valence-corrected chi connectivity index (χ1v) is 7.00. The molecule has 15 heavy (non-hydrogen) atoms. The molecule has 0 radical (unpaired) electrons. The molecule has 0 N–H and O–H groups in total. The van der Waals surface area contributed by atoms with E-state index in [2.05, 4.69) is 42.1 Å². The molecule has 0 nitrogen and oxygen atoms in total. The number of fused-ring (bicyclic) bond motifs is 3. The van der Waals surface area contributed by atoms with E-state index in [1.165, 1.54) is 32.1 Å². The summed E-state index contributed by atoms with van der Waals surface area (Å²) in [7, 11) is 0. The molecule has 2 aliphatic carbocycles. The van der Waals surface area contributed by atoms with Gasteiger partial charge in [-0.3, -0.25) is 0 Å². The maximum Gasteiger partial charge on any atom is 0.0163 e. The Balaban J connectivity index is 1.86. The molecule has 0 aromatic rings. The van der Waals surface area contributed by atoms with Gasteiger partial charge < -0.3 is 0 Å². The van der Waals surface area contributed by atoms with Gasteiger partial charge in [0.05, 0.1) is 0 Å². The number of allylic oxidation sites excluding steroid dienone is 6. The molecule has 0 aromatic heterocycles. The standard InChI is InChI=1S/C14H18S/c1-2-4-9-13-11(7-3-1)12-8-5-6-10-14(12)15-13/h1,3,5-6,9,11-12,14H,2,4,7-8,10H2/b3-1-,13-9+. The molecule has 1 fully saturated rings. The van der Waals surface area contributed by atoms with E-state index in [0.29, 0.717) is 0 Å². The normalized spacial score (nSPS) is 44.5. The van der Waals surface area contributed by atoms with Gasteiger partial charge in [-0.25, -0.2) is 0 Å². The first-order chi connectivity index (χ1) is 7.45. The molecule has 0 bridgehead atoms. The van der Waals surface area contributed by atoms with Crippen molar-refractivity contribution in [1.29, 1.82) is 0 Å². The van der Waals surface area contributed by atoms with Gasteiger partial charge in [-0.05, 0) is 48.8 Å². The minimum atomic E-state index is 0.849. The maximum absolute atomic E-state index is 2.51. The summed E-state index contributed by atoms with van der Waals surface area (Å²) in [5.41, 5.74) is 0. The largest absolute Gasteiger partial charge is 0.127 e. The predicted molar refractivity (Wildman–Crippen MR) is 67.8 cm³/mol. The Bertz CT molecular complexity index is 324. The topological polar surface area (TPSA) is 0 Å². The Hall–Kier alpha value is -0.430. The lowest BCUT2D eigenvalue weighted by atomic mass is 9.80. The van der Waals surface area contributed by atoms with Gasteiger partial charge in [0.2, 0.25) is 0 Å². The van der Waals surface area contributed by atoms with Crippen molar-refractivity contribution in [2.75, 3.05) is 0 Å². The van der Waals surface area contributed by atoms with Gasteiger partial charge in [0.1, 0.15) is 0 Å². The minimum absolute atomic E-state index is 0.849. The van der Waals surface area contributed by atoms with Crippen molar-refractivity contribution in [2.45, 2.75) is 37.4 Å². The SMILES string of the molecule is C1=CCC2C(C1)S/C1=C/CC/C=C\CC12. The quantitative estimate of drug-likeness (QED) is 0.546. The smallest absolute Gasteiger partial charge is 0.0163 e. The fourth-order valence-corrected chi connectivity index (χ4v) is 4.71. The highest BCUT2D eigenvalue weighted by molar-refractivity contribution is 8.04. The summed E-state index contributed by atoms with van der Waals surface area (Å²) in [6, 6.07) is 0. The van der Waals surface area contributed by atoms with Gasteiger partial charge in [-0.15, -0.1) is 11.8 Å². The molecule has 1 aliphatic heterocycles. The Morgan fingerprint density at radius 2 is 1.80 bits per heavy atom. The second-order valence-corrected chi connectivity index (χ2v) is 6.07. The van der Waals surface area contributed by atoms with Crippen molar-refractivity contribution < 1.29 is 0 Å². The highest BCUT2D eigenvalue weighted by Crippen LogP contribution is 2.52. The molecule has 1 saturated heterocycles. The average Bonchev–Trinajstić information content (AvgIpc) is 2.55. The molecule has 0 saturated carbocycles. The third kappa shape index (κ3) is 1.82. The second kappa shape index (κ2) is 4.21. The van der Waals surface area contributed by atoms with Crippen molar-refractivity contribution in [3.8, 4) is 0 Å². The van der Waals surface area contributed by atoms with Gasteiger partial charge >= 0.3 is 0 Å². The summed E-state index contributed by atoms with van der Waals surface area (Å²) in [6.07, 6.45) is 18.5. The lowest BCUT2D eigenvalue weighted by Gasteiger charge is -2.24. The van der Waals surface area contributed by atoms with Crippen molar-refractivity contribution in [3.05, 3.63) is 35.3 Å². The summed E-state index contributed by atoms with van der Waals surface area (Å²) >= 11 is 2.18. The van der Waals surface area contributed by atoms with Crippen LogP contribution in [0.3, 0.4) is 0 Å².